The minimum absolute atomic E-state index is 0.254. The molecule has 4 aliphatic carbocycles. The van der Waals surface area contributed by atoms with Gasteiger partial charge in [-0.15, -0.1) is 23.2 Å². The van der Waals surface area contributed by atoms with Crippen LogP contribution < -0.4 is 0 Å². The third kappa shape index (κ3) is 2.76. The van der Waals surface area contributed by atoms with Gasteiger partial charge in [-0.3, -0.25) is 0 Å². The van der Waals surface area contributed by atoms with Gasteiger partial charge in [0.05, 0.1) is 12.2 Å². The van der Waals surface area contributed by atoms with Gasteiger partial charge in [0, 0.05) is 11.8 Å². The van der Waals surface area contributed by atoms with Gasteiger partial charge in [-0.25, -0.2) is 0 Å². The second-order valence-corrected chi connectivity index (χ2v) is 8.82. The van der Waals surface area contributed by atoms with Crippen molar-refractivity contribution >= 4 is 23.2 Å². The minimum atomic E-state index is 0.254. The molecule has 4 aliphatic rings. The zero-order chi connectivity index (χ0) is 14.4. The van der Waals surface area contributed by atoms with Crippen molar-refractivity contribution in [3.8, 4) is 0 Å². The van der Waals surface area contributed by atoms with Gasteiger partial charge in [0.1, 0.15) is 0 Å². The highest BCUT2D eigenvalue weighted by Gasteiger charge is 2.47. The van der Waals surface area contributed by atoms with Crippen LogP contribution in [0.5, 0.6) is 0 Å². The Hall–Kier alpha value is 0.540. The maximum Gasteiger partial charge on any atom is 0.0745 e. The number of hydrogen-bond donors (Lipinski definition) is 0. The molecule has 0 saturated heterocycles. The fourth-order valence-electron chi connectivity index (χ4n) is 6.23. The van der Waals surface area contributed by atoms with E-state index in [0.717, 1.165) is 23.7 Å². The molecule has 4 saturated carbocycles. The summed E-state index contributed by atoms with van der Waals surface area (Å²) in [6.07, 6.45) is 11.8. The lowest BCUT2D eigenvalue weighted by atomic mass is 9.83. The first-order chi connectivity index (χ1) is 10.3. The smallest absolute Gasteiger partial charge is 0.0745 e. The molecule has 0 amide bonds. The molecule has 0 N–H and O–H groups in total. The first kappa shape index (κ1) is 15.1. The Labute approximate surface area is 139 Å². The van der Waals surface area contributed by atoms with E-state index in [1.165, 1.54) is 51.4 Å². The largest absolute Gasteiger partial charge is 0.372 e. The van der Waals surface area contributed by atoms with Gasteiger partial charge in [-0.1, -0.05) is 12.8 Å². The standard InChI is InChI=1S/C18H28Cl2O/c19-9-17(15-7-11-1-3-13(15)5-11)21-18(10-20)16-8-12-2-4-14(16)6-12/h11-18H,1-10H2. The fraction of sp³-hybridized carbons (Fsp3) is 1.00. The zero-order valence-electron chi connectivity index (χ0n) is 12.9. The molecule has 0 heterocycles. The van der Waals surface area contributed by atoms with Crippen molar-refractivity contribution in [1.29, 1.82) is 0 Å². The lowest BCUT2D eigenvalue weighted by Gasteiger charge is -2.36. The van der Waals surface area contributed by atoms with Gasteiger partial charge in [0.2, 0.25) is 0 Å². The van der Waals surface area contributed by atoms with Crippen molar-refractivity contribution < 1.29 is 4.74 Å². The molecule has 1 nitrogen and oxygen atoms in total. The summed E-state index contributed by atoms with van der Waals surface area (Å²) in [6.45, 7) is 0. The third-order valence-corrected chi connectivity index (χ3v) is 7.80. The first-order valence-electron chi connectivity index (χ1n) is 9.05. The Bertz CT molecular complexity index is 340. The van der Waals surface area contributed by atoms with Crippen molar-refractivity contribution in [2.24, 2.45) is 35.5 Å². The van der Waals surface area contributed by atoms with E-state index in [0.29, 0.717) is 23.6 Å². The Morgan fingerprint density at radius 2 is 1.19 bits per heavy atom. The van der Waals surface area contributed by atoms with Gasteiger partial charge < -0.3 is 4.74 Å². The fourth-order valence-corrected chi connectivity index (χ4v) is 6.83. The van der Waals surface area contributed by atoms with Gasteiger partial charge in [-0.05, 0) is 74.0 Å². The van der Waals surface area contributed by atoms with Crippen LogP contribution in [0.2, 0.25) is 0 Å². The van der Waals surface area contributed by atoms with E-state index in [1.54, 1.807) is 0 Å². The van der Waals surface area contributed by atoms with Crippen LogP contribution in [0.25, 0.3) is 0 Å². The van der Waals surface area contributed by atoms with Crippen LogP contribution in [0.1, 0.15) is 51.4 Å². The van der Waals surface area contributed by atoms with E-state index in [9.17, 15) is 0 Å². The predicted molar refractivity (Wildman–Crippen MR) is 88.0 cm³/mol. The second-order valence-electron chi connectivity index (χ2n) is 8.20. The highest BCUT2D eigenvalue weighted by atomic mass is 35.5. The molecule has 8 atom stereocenters. The van der Waals surface area contributed by atoms with Crippen molar-refractivity contribution in [1.82, 2.24) is 0 Å². The van der Waals surface area contributed by atoms with Crippen molar-refractivity contribution in [2.75, 3.05) is 11.8 Å². The maximum atomic E-state index is 6.56. The van der Waals surface area contributed by atoms with Crippen LogP contribution >= 0.6 is 23.2 Å². The molecule has 0 aromatic carbocycles. The van der Waals surface area contributed by atoms with E-state index < -0.39 is 0 Å². The van der Waals surface area contributed by atoms with Gasteiger partial charge in [0.25, 0.3) is 0 Å². The molecule has 120 valence electrons. The number of fused-ring (bicyclic) bond motifs is 4. The van der Waals surface area contributed by atoms with Crippen LogP contribution in [0.15, 0.2) is 0 Å². The molecule has 21 heavy (non-hydrogen) atoms. The molecule has 4 bridgehead atoms. The Morgan fingerprint density at radius 1 is 0.714 bits per heavy atom. The summed E-state index contributed by atoms with van der Waals surface area (Å²) < 4.78 is 6.56. The molecular weight excluding hydrogens is 303 g/mol. The van der Waals surface area contributed by atoms with E-state index in [4.69, 9.17) is 27.9 Å². The topological polar surface area (TPSA) is 9.23 Å². The summed E-state index contributed by atoms with van der Waals surface area (Å²) in [5, 5.41) is 0. The average molecular weight is 331 g/mol. The molecular formula is C18H28Cl2O. The van der Waals surface area contributed by atoms with Crippen LogP contribution in [0.4, 0.5) is 0 Å². The summed E-state index contributed by atoms with van der Waals surface area (Å²) in [5.41, 5.74) is 0. The van der Waals surface area contributed by atoms with Crippen molar-refractivity contribution in [3.63, 3.8) is 0 Å². The van der Waals surface area contributed by atoms with Crippen molar-refractivity contribution in [3.05, 3.63) is 0 Å². The first-order valence-corrected chi connectivity index (χ1v) is 10.1. The number of halogens is 2. The van der Waals surface area contributed by atoms with Crippen LogP contribution in [0.3, 0.4) is 0 Å². The molecule has 4 fully saturated rings. The third-order valence-electron chi connectivity index (χ3n) is 7.19. The normalized spacial score (nSPS) is 47.1. The average Bonchev–Trinajstić information content (AvgIpc) is 3.28. The SMILES string of the molecule is ClCC(OC(CCl)C1CC2CCC1C2)C1CC2CCC1C2. The Morgan fingerprint density at radius 3 is 1.48 bits per heavy atom. The Balaban J connectivity index is 1.40. The van der Waals surface area contributed by atoms with Crippen LogP contribution in [-0.2, 0) is 4.74 Å². The monoisotopic (exact) mass is 330 g/mol. The molecule has 3 heteroatoms. The lowest BCUT2D eigenvalue weighted by Crippen LogP contribution is -2.39. The predicted octanol–water partition coefficient (Wildman–Crippen LogP) is 5.09. The Kier molecular flexibility index (Phi) is 4.46. The summed E-state index contributed by atoms with van der Waals surface area (Å²) in [6, 6.07) is 0. The maximum absolute atomic E-state index is 6.56. The highest BCUT2D eigenvalue weighted by Crippen LogP contribution is 2.52. The lowest BCUT2D eigenvalue weighted by molar-refractivity contribution is -0.0672. The zero-order valence-corrected chi connectivity index (χ0v) is 14.4. The molecule has 8 unspecified atom stereocenters. The number of hydrogen-bond acceptors (Lipinski definition) is 1. The van der Waals surface area contributed by atoms with Gasteiger partial charge >= 0.3 is 0 Å². The molecule has 4 rings (SSSR count). The molecule has 0 spiro atoms. The van der Waals surface area contributed by atoms with E-state index >= 15 is 0 Å². The van der Waals surface area contributed by atoms with Gasteiger partial charge in [-0.2, -0.15) is 0 Å². The number of rotatable bonds is 6. The summed E-state index contributed by atoms with van der Waals surface area (Å²) in [4.78, 5) is 0. The summed E-state index contributed by atoms with van der Waals surface area (Å²) in [5.74, 6) is 6.43. The second kappa shape index (κ2) is 6.21. The van der Waals surface area contributed by atoms with Crippen molar-refractivity contribution in [2.45, 2.75) is 63.6 Å². The highest BCUT2D eigenvalue weighted by molar-refractivity contribution is 6.18. The minimum Gasteiger partial charge on any atom is -0.372 e. The molecule has 0 aliphatic heterocycles. The van der Waals surface area contributed by atoms with Crippen LogP contribution in [0, 0.1) is 35.5 Å². The quantitative estimate of drug-likeness (QED) is 0.616. The van der Waals surface area contributed by atoms with E-state index in [1.807, 2.05) is 0 Å². The van der Waals surface area contributed by atoms with E-state index in [-0.39, 0.29) is 12.2 Å². The van der Waals surface area contributed by atoms with Crippen LogP contribution in [-0.4, -0.2) is 24.0 Å². The van der Waals surface area contributed by atoms with Gasteiger partial charge in [0.15, 0.2) is 0 Å². The summed E-state index contributed by atoms with van der Waals surface area (Å²) in [7, 11) is 0. The number of alkyl halides is 2. The molecule has 0 aromatic rings. The molecule has 0 aromatic heterocycles. The number of ether oxygens (including phenoxy) is 1. The molecule has 0 radical (unpaired) electrons. The van der Waals surface area contributed by atoms with E-state index in [2.05, 4.69) is 0 Å². The summed E-state index contributed by atoms with van der Waals surface area (Å²) >= 11 is 12.6.